The molecule has 1 N–H and O–H groups in total. The number of H-pyrrole nitrogens is 1. The summed E-state index contributed by atoms with van der Waals surface area (Å²) in [6.45, 7) is 11.9. The molecule has 9 heteroatoms. The third kappa shape index (κ3) is 5.70. The van der Waals surface area contributed by atoms with Crippen LogP contribution >= 0.6 is 0 Å². The van der Waals surface area contributed by atoms with Crippen molar-refractivity contribution in [3.8, 4) is 5.75 Å². The number of pyridine rings is 1. The number of hydrogen-bond donors (Lipinski definition) is 1. The van der Waals surface area contributed by atoms with Crippen molar-refractivity contribution in [2.45, 2.75) is 65.7 Å². The van der Waals surface area contributed by atoms with Gasteiger partial charge in [-0.2, -0.15) is 0 Å². The van der Waals surface area contributed by atoms with Crippen molar-refractivity contribution in [2.75, 3.05) is 6.61 Å². The van der Waals surface area contributed by atoms with Crippen molar-refractivity contribution < 1.29 is 9.15 Å². The van der Waals surface area contributed by atoms with E-state index < -0.39 is 6.04 Å². The van der Waals surface area contributed by atoms with Gasteiger partial charge in [0.15, 0.2) is 5.82 Å². The standard InChI is InChI=1S/C31H36N6O3/c1-6-31(4,5)37-29(33-34-35-37)28(26-18-23-17-21(3)10-15-27(23)32-30(26)38)36(20-25-9-8-16-40-25)19-22-11-13-24(14-12-22)39-7-2/h8-18,28H,6-7,19-20H2,1-5H3,(H,32,38)/t28-/m1/s1. The Morgan fingerprint density at radius 2 is 1.88 bits per heavy atom. The predicted molar refractivity (Wildman–Crippen MR) is 154 cm³/mol. The van der Waals surface area contributed by atoms with Crippen LogP contribution in [0.25, 0.3) is 10.9 Å². The molecule has 5 rings (SSSR count). The number of aromatic nitrogens is 5. The van der Waals surface area contributed by atoms with E-state index in [4.69, 9.17) is 9.15 Å². The van der Waals surface area contributed by atoms with E-state index >= 15 is 0 Å². The van der Waals surface area contributed by atoms with Crippen LogP contribution in [0.15, 0.2) is 76.1 Å². The average Bonchev–Trinajstić information content (AvgIpc) is 3.64. The van der Waals surface area contributed by atoms with Gasteiger partial charge in [0.25, 0.3) is 5.56 Å². The zero-order chi connectivity index (χ0) is 28.3. The number of aryl methyl sites for hydroxylation is 1. The molecule has 5 aromatic rings. The first-order chi connectivity index (χ1) is 19.3. The van der Waals surface area contributed by atoms with Crippen LogP contribution < -0.4 is 10.3 Å². The second-order valence-electron chi connectivity index (χ2n) is 10.7. The molecule has 0 saturated carbocycles. The molecule has 0 spiro atoms. The topological polar surface area (TPSA) is 102 Å². The zero-order valence-corrected chi connectivity index (χ0v) is 23.7. The first kappa shape index (κ1) is 27.3. The molecular weight excluding hydrogens is 504 g/mol. The molecule has 1 atom stereocenters. The van der Waals surface area contributed by atoms with E-state index in [0.717, 1.165) is 40.0 Å². The molecule has 3 aromatic heterocycles. The molecular formula is C31H36N6O3. The smallest absolute Gasteiger partial charge is 0.253 e. The van der Waals surface area contributed by atoms with Gasteiger partial charge in [0.2, 0.25) is 0 Å². The van der Waals surface area contributed by atoms with E-state index in [1.807, 2.05) is 73.1 Å². The summed E-state index contributed by atoms with van der Waals surface area (Å²) in [6, 6.07) is 19.3. The molecule has 40 heavy (non-hydrogen) atoms. The summed E-state index contributed by atoms with van der Waals surface area (Å²) in [4.78, 5) is 19.0. The SMILES string of the molecule is CCOc1ccc(CN(Cc2ccco2)[C@H](c2cc3cc(C)ccc3[nH]c2=O)c2nnnn2C(C)(C)CC)cc1. The quantitative estimate of drug-likeness (QED) is 0.228. The van der Waals surface area contributed by atoms with Crippen LogP contribution in [-0.4, -0.2) is 36.7 Å². The monoisotopic (exact) mass is 540 g/mol. The minimum Gasteiger partial charge on any atom is -0.494 e. The van der Waals surface area contributed by atoms with Gasteiger partial charge in [-0.05, 0) is 98.0 Å². The van der Waals surface area contributed by atoms with Gasteiger partial charge in [0.05, 0.1) is 25.0 Å². The lowest BCUT2D eigenvalue weighted by molar-refractivity contribution is 0.168. The van der Waals surface area contributed by atoms with Gasteiger partial charge >= 0.3 is 0 Å². The fourth-order valence-corrected chi connectivity index (χ4v) is 4.92. The van der Waals surface area contributed by atoms with Crippen LogP contribution in [0.5, 0.6) is 5.75 Å². The van der Waals surface area contributed by atoms with E-state index in [1.54, 1.807) is 6.26 Å². The Morgan fingerprint density at radius 3 is 2.58 bits per heavy atom. The lowest BCUT2D eigenvalue weighted by Gasteiger charge is -2.33. The molecule has 2 aromatic carbocycles. The van der Waals surface area contributed by atoms with E-state index in [2.05, 4.69) is 52.2 Å². The molecule has 0 radical (unpaired) electrons. The summed E-state index contributed by atoms with van der Waals surface area (Å²) in [5.41, 5.74) is 2.98. The van der Waals surface area contributed by atoms with E-state index in [9.17, 15) is 4.79 Å². The van der Waals surface area contributed by atoms with Gasteiger partial charge in [0, 0.05) is 17.6 Å². The van der Waals surface area contributed by atoms with E-state index in [-0.39, 0.29) is 11.1 Å². The number of ether oxygens (including phenoxy) is 1. The average molecular weight is 541 g/mol. The summed E-state index contributed by atoms with van der Waals surface area (Å²) in [7, 11) is 0. The zero-order valence-electron chi connectivity index (χ0n) is 23.7. The fraction of sp³-hybridized carbons (Fsp3) is 0.355. The minimum atomic E-state index is -0.564. The highest BCUT2D eigenvalue weighted by Gasteiger charge is 2.35. The highest BCUT2D eigenvalue weighted by molar-refractivity contribution is 5.79. The van der Waals surface area contributed by atoms with Crippen molar-refractivity contribution in [3.63, 3.8) is 0 Å². The van der Waals surface area contributed by atoms with Crippen LogP contribution in [0.4, 0.5) is 0 Å². The molecule has 0 aliphatic heterocycles. The fourth-order valence-electron chi connectivity index (χ4n) is 4.92. The number of tetrazole rings is 1. The van der Waals surface area contributed by atoms with Crippen LogP contribution in [0.1, 0.15) is 68.4 Å². The first-order valence-electron chi connectivity index (χ1n) is 13.7. The Balaban J connectivity index is 1.69. The van der Waals surface area contributed by atoms with Gasteiger partial charge in [0.1, 0.15) is 17.6 Å². The normalized spacial score (nSPS) is 12.8. The molecule has 0 saturated heterocycles. The maximum absolute atomic E-state index is 13.8. The maximum atomic E-state index is 13.8. The lowest BCUT2D eigenvalue weighted by Crippen LogP contribution is -2.38. The van der Waals surface area contributed by atoms with Gasteiger partial charge in [-0.1, -0.05) is 30.7 Å². The van der Waals surface area contributed by atoms with Crippen molar-refractivity contribution in [2.24, 2.45) is 0 Å². The largest absolute Gasteiger partial charge is 0.494 e. The number of aromatic amines is 1. The third-order valence-corrected chi connectivity index (χ3v) is 7.42. The van der Waals surface area contributed by atoms with Crippen LogP contribution in [0, 0.1) is 6.92 Å². The molecule has 0 aliphatic carbocycles. The number of benzene rings is 2. The van der Waals surface area contributed by atoms with Crippen LogP contribution in [-0.2, 0) is 18.6 Å². The maximum Gasteiger partial charge on any atom is 0.253 e. The Bertz CT molecular complexity index is 1620. The molecule has 208 valence electrons. The van der Waals surface area contributed by atoms with Crippen molar-refractivity contribution in [1.82, 2.24) is 30.1 Å². The number of rotatable bonds is 11. The van der Waals surface area contributed by atoms with Crippen molar-refractivity contribution in [3.05, 3.63) is 106 Å². The van der Waals surface area contributed by atoms with E-state index in [0.29, 0.717) is 31.1 Å². The second kappa shape index (κ2) is 11.5. The van der Waals surface area contributed by atoms with Gasteiger partial charge in [-0.3, -0.25) is 9.69 Å². The first-order valence-corrected chi connectivity index (χ1v) is 13.7. The Hall–Kier alpha value is -4.24. The molecule has 0 amide bonds. The molecule has 3 heterocycles. The number of furan rings is 1. The second-order valence-corrected chi connectivity index (χ2v) is 10.7. The highest BCUT2D eigenvalue weighted by atomic mass is 16.5. The number of fused-ring (bicyclic) bond motifs is 1. The Kier molecular flexibility index (Phi) is 7.84. The van der Waals surface area contributed by atoms with Gasteiger partial charge in [-0.15, -0.1) is 5.10 Å². The lowest BCUT2D eigenvalue weighted by atomic mass is 9.98. The summed E-state index contributed by atoms with van der Waals surface area (Å²) < 4.78 is 13.3. The van der Waals surface area contributed by atoms with Crippen molar-refractivity contribution in [1.29, 1.82) is 0 Å². The summed E-state index contributed by atoms with van der Waals surface area (Å²) in [5.74, 6) is 2.19. The summed E-state index contributed by atoms with van der Waals surface area (Å²) in [6.07, 6.45) is 2.47. The summed E-state index contributed by atoms with van der Waals surface area (Å²) >= 11 is 0. The number of hydrogen-bond acceptors (Lipinski definition) is 7. The molecule has 0 bridgehead atoms. The third-order valence-electron chi connectivity index (χ3n) is 7.42. The number of nitrogens with zero attached hydrogens (tertiary/aromatic N) is 5. The van der Waals surface area contributed by atoms with Gasteiger partial charge < -0.3 is 14.1 Å². The molecule has 9 nitrogen and oxygen atoms in total. The van der Waals surface area contributed by atoms with Crippen LogP contribution in [0.2, 0.25) is 0 Å². The Labute approximate surface area is 233 Å². The number of nitrogens with one attached hydrogen (secondary N) is 1. The minimum absolute atomic E-state index is 0.179. The molecule has 0 fully saturated rings. The van der Waals surface area contributed by atoms with Gasteiger partial charge in [-0.25, -0.2) is 4.68 Å². The Morgan fingerprint density at radius 1 is 1.07 bits per heavy atom. The van der Waals surface area contributed by atoms with Crippen molar-refractivity contribution >= 4 is 10.9 Å². The van der Waals surface area contributed by atoms with Crippen LogP contribution in [0.3, 0.4) is 0 Å². The highest BCUT2D eigenvalue weighted by Crippen LogP contribution is 2.33. The van der Waals surface area contributed by atoms with E-state index in [1.165, 1.54) is 0 Å². The molecule has 0 unspecified atom stereocenters. The summed E-state index contributed by atoms with van der Waals surface area (Å²) in [5, 5.41) is 14.0. The molecule has 0 aliphatic rings. The predicted octanol–water partition coefficient (Wildman–Crippen LogP) is 5.75.